The lowest BCUT2D eigenvalue weighted by atomic mass is 10.1. The molecule has 0 saturated carbocycles. The molecule has 522 valence electrons. The van der Waals surface area contributed by atoms with E-state index in [-0.39, 0.29) is 17.5 Å². The Morgan fingerprint density at radius 1 is 0.333 bits per heavy atom. The first kappa shape index (κ1) is 84.4. The number of ether oxygens (including phenoxy) is 16. The van der Waals surface area contributed by atoms with E-state index in [2.05, 4.69) is 55.4 Å². The monoisotopic (exact) mass is 1250 g/mol. The average Bonchev–Trinajstić information content (AvgIpc) is 4.15. The van der Waals surface area contributed by atoms with Crippen molar-refractivity contribution in [2.24, 2.45) is 0 Å². The zero-order valence-electron chi connectivity index (χ0n) is 58.5. The number of unbranched alkanes of at least 4 members (excludes halogenated alkanes) is 25. The van der Waals surface area contributed by atoms with Gasteiger partial charge in [0.1, 0.15) is 42.2 Å². The van der Waals surface area contributed by atoms with Crippen LogP contribution in [0.3, 0.4) is 0 Å². The van der Waals surface area contributed by atoms with Gasteiger partial charge in [-0.1, -0.05) is 182 Å². The van der Waals surface area contributed by atoms with Crippen LogP contribution < -0.4 is 0 Å². The van der Waals surface area contributed by atoms with Gasteiger partial charge in [-0.2, -0.15) is 0 Å². The van der Waals surface area contributed by atoms with E-state index in [1.165, 1.54) is 186 Å². The van der Waals surface area contributed by atoms with Crippen molar-refractivity contribution in [3.05, 3.63) is 0 Å². The molecule has 7 fully saturated rings. The van der Waals surface area contributed by atoms with Gasteiger partial charge in [0.25, 0.3) is 0 Å². The van der Waals surface area contributed by atoms with E-state index >= 15 is 0 Å². The average molecular weight is 1250 g/mol. The Hall–Kier alpha value is -0.640. The molecule has 7 aliphatic rings. The second-order valence-corrected chi connectivity index (χ2v) is 25.3. The summed E-state index contributed by atoms with van der Waals surface area (Å²) in [5.74, 6) is 0. The lowest BCUT2D eigenvalue weighted by Gasteiger charge is -2.06. The first-order valence-electron chi connectivity index (χ1n) is 36.1. The van der Waals surface area contributed by atoms with E-state index in [1.54, 1.807) is 14.2 Å². The molecule has 7 rings (SSSR count). The maximum atomic E-state index is 5.56. The minimum Gasteiger partial charge on any atom is -0.385 e. The fourth-order valence-corrected chi connectivity index (χ4v) is 8.49. The third-order valence-electron chi connectivity index (χ3n) is 15.2. The number of epoxide rings is 7. The minimum absolute atomic E-state index is 0.0516. The molecule has 16 heteroatoms. The van der Waals surface area contributed by atoms with Gasteiger partial charge in [-0.05, 0) is 78.6 Å². The second-order valence-electron chi connectivity index (χ2n) is 25.3. The SMILES string of the molecule is CCCCCCCCCOCC1(C)CO1.CCCCCCCCOC1CO1.CCCCCCCOCC1CO1.CCCCCOCC1OC1C.CCCOCC1CO1.COCCCCCCCCOCC1CO1.COCCCCCCOCC1(C)CO1. The molecule has 0 aromatic rings. The Labute approximate surface area is 535 Å². The molecule has 0 aliphatic carbocycles. The van der Waals surface area contributed by atoms with Crippen LogP contribution in [0, 0.1) is 0 Å². The number of hydrogen-bond donors (Lipinski definition) is 0. The number of methoxy groups -OCH3 is 2. The first-order chi connectivity index (χ1) is 42.6. The Bertz CT molecular complexity index is 1320. The molecule has 0 N–H and O–H groups in total. The summed E-state index contributed by atoms with van der Waals surface area (Å²) in [7, 11) is 3.51. The molecule has 0 aromatic heterocycles. The quantitative estimate of drug-likeness (QED) is 0.0416. The van der Waals surface area contributed by atoms with Crippen LogP contribution in [-0.4, -0.2) is 201 Å². The molecular formula is C71H142O16. The molecule has 7 aliphatic heterocycles. The molecule has 7 heterocycles. The summed E-state index contributed by atoms with van der Waals surface area (Å²) in [6.07, 6.45) is 43.5. The second kappa shape index (κ2) is 62.8. The summed E-state index contributed by atoms with van der Waals surface area (Å²) in [6, 6.07) is 0. The lowest BCUT2D eigenvalue weighted by Crippen LogP contribution is -2.14. The smallest absolute Gasteiger partial charge is 0.181 e. The summed E-state index contributed by atoms with van der Waals surface area (Å²) in [4.78, 5) is 0. The van der Waals surface area contributed by atoms with Crippen molar-refractivity contribution < 1.29 is 75.8 Å². The highest BCUT2D eigenvalue weighted by atomic mass is 16.8. The predicted molar refractivity (Wildman–Crippen MR) is 353 cm³/mol. The Kier molecular flexibility index (Phi) is 60.9. The van der Waals surface area contributed by atoms with E-state index in [4.69, 9.17) is 75.8 Å². The van der Waals surface area contributed by atoms with Gasteiger partial charge in [-0.25, -0.2) is 0 Å². The molecule has 0 amide bonds. The van der Waals surface area contributed by atoms with E-state index in [0.29, 0.717) is 30.5 Å². The van der Waals surface area contributed by atoms with Gasteiger partial charge in [-0.3, -0.25) is 0 Å². The highest BCUT2D eigenvalue weighted by Crippen LogP contribution is 2.27. The van der Waals surface area contributed by atoms with Crippen LogP contribution in [0.1, 0.15) is 261 Å². The van der Waals surface area contributed by atoms with Crippen LogP contribution in [-0.2, 0) is 75.8 Å². The van der Waals surface area contributed by atoms with Gasteiger partial charge in [0.15, 0.2) is 6.29 Å². The van der Waals surface area contributed by atoms with Crippen molar-refractivity contribution in [2.75, 3.05) is 153 Å². The van der Waals surface area contributed by atoms with E-state index < -0.39 is 0 Å². The highest BCUT2D eigenvalue weighted by molar-refractivity contribution is 4.87. The van der Waals surface area contributed by atoms with Crippen LogP contribution in [0.5, 0.6) is 0 Å². The third-order valence-corrected chi connectivity index (χ3v) is 15.2. The molecule has 0 aromatic carbocycles. The third kappa shape index (κ3) is 69.5. The van der Waals surface area contributed by atoms with Crippen LogP contribution in [0.25, 0.3) is 0 Å². The summed E-state index contributed by atoms with van der Waals surface area (Å²) in [5, 5.41) is 0. The summed E-state index contributed by atoms with van der Waals surface area (Å²) < 4.78 is 83.4. The van der Waals surface area contributed by atoms with Gasteiger partial charge >= 0.3 is 0 Å². The van der Waals surface area contributed by atoms with Crippen LogP contribution in [0.4, 0.5) is 0 Å². The van der Waals surface area contributed by atoms with Crippen molar-refractivity contribution in [3.8, 4) is 0 Å². The molecule has 8 unspecified atom stereocenters. The summed E-state index contributed by atoms with van der Waals surface area (Å²) in [5.41, 5.74) is 0.122. The van der Waals surface area contributed by atoms with Crippen molar-refractivity contribution in [2.45, 2.75) is 309 Å². The fourth-order valence-electron chi connectivity index (χ4n) is 8.49. The van der Waals surface area contributed by atoms with Crippen molar-refractivity contribution in [1.29, 1.82) is 0 Å². The van der Waals surface area contributed by atoms with Crippen LogP contribution in [0.2, 0.25) is 0 Å². The van der Waals surface area contributed by atoms with E-state index in [1.807, 2.05) is 0 Å². The van der Waals surface area contributed by atoms with Gasteiger partial charge in [0, 0.05) is 73.7 Å². The topological polar surface area (TPSA) is 171 Å². The maximum absolute atomic E-state index is 5.56. The maximum Gasteiger partial charge on any atom is 0.181 e. The zero-order chi connectivity index (χ0) is 63.3. The van der Waals surface area contributed by atoms with Gasteiger partial charge in [0.05, 0.1) is 78.8 Å². The lowest BCUT2D eigenvalue weighted by molar-refractivity contribution is 0.0478. The van der Waals surface area contributed by atoms with Gasteiger partial charge < -0.3 is 75.8 Å². The molecule has 7 saturated heterocycles. The van der Waals surface area contributed by atoms with Crippen LogP contribution >= 0.6 is 0 Å². The van der Waals surface area contributed by atoms with Crippen molar-refractivity contribution in [3.63, 3.8) is 0 Å². The summed E-state index contributed by atoms with van der Waals surface area (Å²) in [6.45, 7) is 35.4. The van der Waals surface area contributed by atoms with E-state index in [9.17, 15) is 0 Å². The molecule has 8 atom stereocenters. The normalized spacial score (nSPS) is 23.5. The molecule has 0 radical (unpaired) electrons. The zero-order valence-corrected chi connectivity index (χ0v) is 58.5. The Morgan fingerprint density at radius 2 is 0.609 bits per heavy atom. The molecule has 0 spiro atoms. The predicted octanol–water partition coefficient (Wildman–Crippen LogP) is 15.8. The van der Waals surface area contributed by atoms with Crippen molar-refractivity contribution >= 4 is 0 Å². The molecular weight excluding hydrogens is 1110 g/mol. The largest absolute Gasteiger partial charge is 0.385 e. The minimum atomic E-state index is 0.0516. The van der Waals surface area contributed by atoms with Gasteiger partial charge in [0.2, 0.25) is 0 Å². The highest BCUT2D eigenvalue weighted by Gasteiger charge is 2.40. The Morgan fingerprint density at radius 3 is 0.908 bits per heavy atom. The van der Waals surface area contributed by atoms with E-state index in [0.717, 1.165) is 158 Å². The van der Waals surface area contributed by atoms with Crippen molar-refractivity contribution in [1.82, 2.24) is 0 Å². The number of hydrogen-bond acceptors (Lipinski definition) is 16. The van der Waals surface area contributed by atoms with Gasteiger partial charge in [-0.15, -0.1) is 0 Å². The molecule has 87 heavy (non-hydrogen) atoms. The fraction of sp³-hybridized carbons (Fsp3) is 1.00. The molecule has 16 nitrogen and oxygen atoms in total. The molecule has 0 bridgehead atoms. The Balaban J connectivity index is 0.000000511. The van der Waals surface area contributed by atoms with Crippen LogP contribution in [0.15, 0.2) is 0 Å². The number of rotatable bonds is 56. The summed E-state index contributed by atoms with van der Waals surface area (Å²) >= 11 is 0. The first-order valence-corrected chi connectivity index (χ1v) is 36.1. The standard InChI is InChI=1S/C13H26O2.C12H24O3.C11H22O3.2C10H20O2.C9H18O2.C6H12O2/c1-3-4-5-6-7-8-9-10-14-11-13(2)12-15-13;1-13-8-6-4-2-3-5-7-9-14-10-12-11-15-12;1-11(10-14-11)9-13-8-6-4-3-5-7-12-2;1-2-3-4-5-6-7-11-8-10-9-12-10;1-2-3-4-5-6-7-8-11-10-9-12-10;1-3-4-5-6-10-7-9-8(2)11-9;1-2-3-7-4-6-5-8-6/h3-12H2,1-2H3;12H,2-11H2,1H3;3-10H2,1-2H3;2*10H,2-9H2,1H3;8-9H,3-7H2,1-2H3;6H,2-5H2,1H3.